The molecule has 0 bridgehead atoms. The molecule has 3 aliphatic rings. The van der Waals surface area contributed by atoms with E-state index in [1.165, 1.54) is 7.11 Å². The number of carbonyl (C=O) groups is 4. The molecule has 63 heavy (non-hydrogen) atoms. The van der Waals surface area contributed by atoms with Crippen LogP contribution in [0, 0.1) is 6.92 Å². The summed E-state index contributed by atoms with van der Waals surface area (Å²) in [5, 5.41) is 1.69. The number of carbonyl (C=O) groups excluding carboxylic acids is 4. The van der Waals surface area contributed by atoms with Crippen LogP contribution in [0.2, 0.25) is 0 Å². The predicted molar refractivity (Wildman–Crippen MR) is 242 cm³/mol. The zero-order chi connectivity index (χ0) is 45.4. The second-order valence-corrected chi connectivity index (χ2v) is 16.6. The van der Waals surface area contributed by atoms with E-state index < -0.39 is 29.9 Å². The van der Waals surface area contributed by atoms with E-state index in [-0.39, 0.29) is 58.1 Å². The predicted octanol–water partition coefficient (Wildman–Crippen LogP) is 5.37. The summed E-state index contributed by atoms with van der Waals surface area (Å²) in [6, 6.07) is 21.2. The summed E-state index contributed by atoms with van der Waals surface area (Å²) in [4.78, 5) is 56.1. The largest absolute Gasteiger partial charge is 0.488 e. The van der Waals surface area contributed by atoms with Gasteiger partial charge in [-0.2, -0.15) is 0 Å². The van der Waals surface area contributed by atoms with Crippen LogP contribution < -0.4 is 38.8 Å². The lowest BCUT2D eigenvalue weighted by molar-refractivity contribution is -0.157. The Morgan fingerprint density at radius 3 is 2.16 bits per heavy atom. The Morgan fingerprint density at radius 2 is 1.51 bits per heavy atom. The number of fused-ring (bicyclic) bond motifs is 4. The highest BCUT2D eigenvalue weighted by Crippen LogP contribution is 2.48. The fourth-order valence-corrected chi connectivity index (χ4v) is 7.22. The van der Waals surface area contributed by atoms with Gasteiger partial charge in [-0.05, 0) is 69.7 Å². The van der Waals surface area contributed by atoms with E-state index in [9.17, 15) is 19.2 Å². The number of hydrogen-bond donors (Lipinski definition) is 0. The Bertz CT molecular complexity index is 2520. The van der Waals surface area contributed by atoms with Crippen LogP contribution in [0.25, 0.3) is 33.4 Å². The van der Waals surface area contributed by atoms with Gasteiger partial charge in [0.2, 0.25) is 11.1 Å². The molecule has 15 heteroatoms. The Balaban J connectivity index is 1.56. The van der Waals surface area contributed by atoms with Crippen molar-refractivity contribution >= 4 is 52.0 Å². The normalized spacial score (nSPS) is 13.7. The van der Waals surface area contributed by atoms with E-state index in [2.05, 4.69) is 0 Å². The van der Waals surface area contributed by atoms with Crippen LogP contribution in [-0.4, -0.2) is 124 Å². The average Bonchev–Trinajstić information content (AvgIpc) is 3.24. The number of benzene rings is 4. The summed E-state index contributed by atoms with van der Waals surface area (Å²) in [6.45, 7) is 7.45. The monoisotopic (exact) mass is 865 g/mol. The number of esters is 2. The lowest BCUT2D eigenvalue weighted by Crippen LogP contribution is -2.36. The first-order chi connectivity index (χ1) is 30.0. The standard InChI is InChI=1S/C48H57N4O11/c1-31-10-15-38-43(22-31)59-20-21-60-44-25-37(47-35-13-11-32(49(5)6)23-41(35)62-42-24-33(50(7)8)12-14-36(42)47)40(61-30-46(56)63-48(2,3)4)26-39(44)51(27-34(54)29-53)16-18-58-19-17-52(38)28-45(55)57-9/h10-15,22-26,29H,16-21,27-28,30H2,1-9H3/q+1. The summed E-state index contributed by atoms with van der Waals surface area (Å²) in [7, 11) is 9.16. The molecule has 0 saturated carbocycles. The minimum atomic E-state index is -0.765. The van der Waals surface area contributed by atoms with Crippen molar-refractivity contribution in [3.05, 3.63) is 77.7 Å². The van der Waals surface area contributed by atoms with E-state index in [1.807, 2.05) is 110 Å². The zero-order valence-electron chi connectivity index (χ0n) is 37.6. The third-order valence-corrected chi connectivity index (χ3v) is 10.2. The molecule has 0 N–H and O–H groups in total. The number of ketones is 1. The first-order valence-electron chi connectivity index (χ1n) is 20.7. The van der Waals surface area contributed by atoms with Gasteiger partial charge in [0.15, 0.2) is 12.9 Å². The van der Waals surface area contributed by atoms with Gasteiger partial charge in [0.05, 0.1) is 44.3 Å². The van der Waals surface area contributed by atoms with E-state index in [1.54, 1.807) is 31.7 Å². The van der Waals surface area contributed by atoms with Gasteiger partial charge in [-0.3, -0.25) is 14.4 Å². The van der Waals surface area contributed by atoms with Crippen molar-refractivity contribution in [1.29, 1.82) is 0 Å². The lowest BCUT2D eigenvalue weighted by Gasteiger charge is -2.28. The molecule has 3 aromatic rings. The first-order valence-corrected chi connectivity index (χ1v) is 20.7. The van der Waals surface area contributed by atoms with Crippen molar-refractivity contribution < 1.29 is 52.0 Å². The molecule has 0 unspecified atom stereocenters. The van der Waals surface area contributed by atoms with Gasteiger partial charge in [-0.15, -0.1) is 0 Å². The third-order valence-electron chi connectivity index (χ3n) is 10.2. The average molecular weight is 866 g/mol. The van der Waals surface area contributed by atoms with Gasteiger partial charge in [0.25, 0.3) is 0 Å². The summed E-state index contributed by atoms with van der Waals surface area (Å²) < 4.78 is 44.8. The maximum atomic E-state index is 13.2. The number of aldehydes is 1. The number of aryl methyl sites for hydroxylation is 1. The van der Waals surface area contributed by atoms with Gasteiger partial charge < -0.3 is 47.5 Å². The van der Waals surface area contributed by atoms with Crippen LogP contribution in [0.15, 0.2) is 71.1 Å². The molecule has 0 radical (unpaired) electrons. The molecule has 0 aromatic heterocycles. The maximum absolute atomic E-state index is 13.2. The molecule has 6 rings (SSSR count). The van der Waals surface area contributed by atoms with Crippen LogP contribution in [0.3, 0.4) is 0 Å². The van der Waals surface area contributed by atoms with E-state index >= 15 is 0 Å². The van der Waals surface area contributed by atoms with Gasteiger partial charge in [-0.1, -0.05) is 6.07 Å². The molecule has 0 saturated heterocycles. The topological polar surface area (TPSA) is 150 Å². The molecule has 3 aromatic carbocycles. The molecular weight excluding hydrogens is 809 g/mol. The molecule has 15 nitrogen and oxygen atoms in total. The zero-order valence-corrected chi connectivity index (χ0v) is 37.6. The summed E-state index contributed by atoms with van der Waals surface area (Å²) in [5.41, 5.74) is 4.88. The minimum absolute atomic E-state index is 0.0426. The van der Waals surface area contributed by atoms with E-state index in [0.29, 0.717) is 46.3 Å². The van der Waals surface area contributed by atoms with Gasteiger partial charge in [0.1, 0.15) is 68.0 Å². The van der Waals surface area contributed by atoms with E-state index in [0.717, 1.165) is 33.1 Å². The van der Waals surface area contributed by atoms with Crippen LogP contribution >= 0.6 is 0 Å². The third kappa shape index (κ3) is 11.5. The minimum Gasteiger partial charge on any atom is -0.488 e. The Morgan fingerprint density at radius 1 is 0.810 bits per heavy atom. The number of rotatable bonds is 10. The highest BCUT2D eigenvalue weighted by molar-refractivity contribution is 6.26. The number of methoxy groups -OCH3 is 1. The smallest absolute Gasteiger partial charge is 0.344 e. The fourth-order valence-electron chi connectivity index (χ4n) is 7.22. The quantitative estimate of drug-likeness (QED) is 0.0582. The number of nitrogens with zero attached hydrogens (tertiary/aromatic N) is 4. The molecule has 334 valence electrons. The van der Waals surface area contributed by atoms with Crippen LogP contribution in [0.5, 0.6) is 17.2 Å². The number of hydrogen-bond acceptors (Lipinski definition) is 14. The number of ether oxygens (including phenoxy) is 6. The molecule has 2 heterocycles. The second-order valence-electron chi connectivity index (χ2n) is 16.6. The van der Waals surface area contributed by atoms with Crippen molar-refractivity contribution in [3.8, 4) is 39.7 Å². The lowest BCUT2D eigenvalue weighted by atomic mass is 9.92. The number of Topliss-reactive ketones (excluding diaryl/α,β-unsaturated/α-hetero) is 1. The van der Waals surface area contributed by atoms with Gasteiger partial charge >= 0.3 is 11.9 Å². The summed E-state index contributed by atoms with van der Waals surface area (Å²) in [5.74, 6) is 0.0950. The molecule has 0 atom stereocenters. The van der Waals surface area contributed by atoms with Crippen LogP contribution in [0.1, 0.15) is 26.3 Å². The molecule has 0 amide bonds. The van der Waals surface area contributed by atoms with Crippen LogP contribution in [0.4, 0.5) is 17.1 Å². The van der Waals surface area contributed by atoms with Crippen molar-refractivity contribution in [2.75, 3.05) is 109 Å². The van der Waals surface area contributed by atoms with E-state index in [4.69, 9.17) is 32.8 Å². The highest BCUT2D eigenvalue weighted by atomic mass is 16.6. The fraction of sp³-hybridized carbons (Fsp3) is 0.396. The summed E-state index contributed by atoms with van der Waals surface area (Å²) >= 11 is 0. The Hall–Kier alpha value is -6.61. The molecule has 1 aliphatic carbocycles. The molecule has 0 spiro atoms. The Kier molecular flexibility index (Phi) is 14.6. The van der Waals surface area contributed by atoms with Crippen LogP contribution in [-0.2, 0) is 33.4 Å². The first kappa shape index (κ1) is 45.9. The maximum Gasteiger partial charge on any atom is 0.344 e. The van der Waals surface area contributed by atoms with Gasteiger partial charge in [-0.25, -0.2) is 9.37 Å². The highest BCUT2D eigenvalue weighted by Gasteiger charge is 2.27. The van der Waals surface area contributed by atoms with Crippen molar-refractivity contribution in [3.63, 3.8) is 0 Å². The molecule has 2 aliphatic heterocycles. The molecular formula is C48H57N4O11+. The van der Waals surface area contributed by atoms with Crippen molar-refractivity contribution in [2.45, 2.75) is 33.3 Å². The number of anilines is 3. The molecule has 0 fully saturated rings. The van der Waals surface area contributed by atoms with Gasteiger partial charge in [0, 0.05) is 73.1 Å². The van der Waals surface area contributed by atoms with Crippen molar-refractivity contribution in [1.82, 2.24) is 4.58 Å². The Labute approximate surface area is 367 Å². The second kappa shape index (κ2) is 20.1. The summed E-state index contributed by atoms with van der Waals surface area (Å²) in [6.07, 6.45) is 0.276. The van der Waals surface area contributed by atoms with Crippen molar-refractivity contribution in [2.24, 2.45) is 0 Å². The SMILES string of the molecule is COC(=O)CN1CCOCCN(CC(=O)C=O)c2cc(OCC(=O)OC(C)(C)C)c(-c3c4ccc(=[N+](C)C)cc-4oc4cc(N(C)C)ccc34)cc2OCCOc2cc(C)ccc21.